The number of benzene rings is 1. The molecule has 2 aromatic rings. The number of furan rings is 1. The van der Waals surface area contributed by atoms with E-state index in [1.165, 1.54) is 11.1 Å². The summed E-state index contributed by atoms with van der Waals surface area (Å²) in [6.07, 6.45) is 1.83. The van der Waals surface area contributed by atoms with E-state index in [0.717, 1.165) is 31.8 Å². The molecule has 1 aliphatic rings. The van der Waals surface area contributed by atoms with Crippen molar-refractivity contribution in [1.29, 1.82) is 0 Å². The summed E-state index contributed by atoms with van der Waals surface area (Å²) in [6.45, 7) is 7.84. The highest BCUT2D eigenvalue weighted by Gasteiger charge is 2.35. The molecular formula is C20H25NO3. The van der Waals surface area contributed by atoms with Gasteiger partial charge in [-0.3, -0.25) is 4.79 Å². The van der Waals surface area contributed by atoms with Gasteiger partial charge < -0.3 is 14.5 Å². The number of hydrogen-bond donors (Lipinski definition) is 1. The van der Waals surface area contributed by atoms with Crippen molar-refractivity contribution in [2.24, 2.45) is 0 Å². The Morgan fingerprint density at radius 2 is 1.79 bits per heavy atom. The van der Waals surface area contributed by atoms with Gasteiger partial charge in [-0.2, -0.15) is 0 Å². The molecule has 1 aromatic heterocycles. The van der Waals surface area contributed by atoms with E-state index in [2.05, 4.69) is 36.5 Å². The molecule has 0 bridgehead atoms. The van der Waals surface area contributed by atoms with E-state index in [4.69, 9.17) is 9.15 Å². The van der Waals surface area contributed by atoms with Gasteiger partial charge in [-0.15, -0.1) is 0 Å². The van der Waals surface area contributed by atoms with Crippen molar-refractivity contribution in [2.45, 2.75) is 39.0 Å². The number of carbonyl (C=O) groups is 1. The lowest BCUT2D eigenvalue weighted by molar-refractivity contribution is 0.0487. The van der Waals surface area contributed by atoms with E-state index in [9.17, 15) is 4.79 Å². The van der Waals surface area contributed by atoms with Crippen molar-refractivity contribution in [2.75, 3.05) is 19.8 Å². The van der Waals surface area contributed by atoms with E-state index >= 15 is 0 Å². The van der Waals surface area contributed by atoms with E-state index in [0.29, 0.717) is 17.9 Å². The van der Waals surface area contributed by atoms with Gasteiger partial charge >= 0.3 is 0 Å². The predicted molar refractivity (Wildman–Crippen MR) is 93.4 cm³/mol. The fraction of sp³-hybridized carbons (Fsp3) is 0.450. The van der Waals surface area contributed by atoms with Crippen LogP contribution >= 0.6 is 0 Å². The Hall–Kier alpha value is -2.07. The normalized spacial score (nSPS) is 16.8. The summed E-state index contributed by atoms with van der Waals surface area (Å²) in [6, 6.07) is 10.4. The maximum absolute atomic E-state index is 12.5. The third-order valence-electron chi connectivity index (χ3n) is 4.99. The molecule has 0 radical (unpaired) electrons. The number of nitrogens with one attached hydrogen (secondary N) is 1. The zero-order valence-corrected chi connectivity index (χ0v) is 14.6. The molecule has 1 aliphatic heterocycles. The molecule has 3 rings (SSSR count). The Labute approximate surface area is 143 Å². The largest absolute Gasteiger partial charge is 0.466 e. The zero-order valence-electron chi connectivity index (χ0n) is 14.6. The highest BCUT2D eigenvalue weighted by atomic mass is 16.5. The van der Waals surface area contributed by atoms with Crippen LogP contribution in [0.3, 0.4) is 0 Å². The number of ether oxygens (including phenoxy) is 1. The fourth-order valence-electron chi connectivity index (χ4n) is 3.44. The van der Waals surface area contributed by atoms with Crippen LogP contribution in [-0.4, -0.2) is 25.7 Å². The quantitative estimate of drug-likeness (QED) is 0.932. The lowest BCUT2D eigenvalue weighted by Crippen LogP contribution is -2.44. The van der Waals surface area contributed by atoms with Crippen molar-refractivity contribution < 1.29 is 13.9 Å². The summed E-state index contributed by atoms with van der Waals surface area (Å²) in [5.41, 5.74) is 3.08. The van der Waals surface area contributed by atoms with Crippen molar-refractivity contribution >= 4 is 5.91 Å². The second-order valence-corrected chi connectivity index (χ2v) is 6.77. The van der Waals surface area contributed by atoms with Crippen LogP contribution in [0.15, 0.2) is 34.7 Å². The Morgan fingerprint density at radius 1 is 1.12 bits per heavy atom. The first kappa shape index (κ1) is 16.8. The highest BCUT2D eigenvalue weighted by molar-refractivity contribution is 5.95. The number of carbonyl (C=O) groups excluding carboxylic acids is 1. The number of amides is 1. The second kappa shape index (κ2) is 6.81. The molecule has 0 unspecified atom stereocenters. The molecule has 1 amide bonds. The van der Waals surface area contributed by atoms with E-state index < -0.39 is 0 Å². The van der Waals surface area contributed by atoms with Crippen molar-refractivity contribution in [3.63, 3.8) is 0 Å². The van der Waals surface area contributed by atoms with Crippen molar-refractivity contribution in [1.82, 2.24) is 5.32 Å². The third-order valence-corrected chi connectivity index (χ3v) is 4.99. The number of rotatable bonds is 4. The Kier molecular flexibility index (Phi) is 4.76. The molecule has 0 saturated carbocycles. The van der Waals surface area contributed by atoms with Crippen LogP contribution < -0.4 is 5.32 Å². The van der Waals surface area contributed by atoms with Gasteiger partial charge in [-0.1, -0.05) is 29.8 Å². The molecule has 24 heavy (non-hydrogen) atoms. The molecule has 4 heteroatoms. The minimum Gasteiger partial charge on any atom is -0.466 e. The maximum atomic E-state index is 12.5. The average Bonchev–Trinajstić information content (AvgIpc) is 2.92. The topological polar surface area (TPSA) is 51.5 Å². The number of hydrogen-bond acceptors (Lipinski definition) is 3. The van der Waals surface area contributed by atoms with Crippen molar-refractivity contribution in [3.8, 4) is 0 Å². The molecule has 0 spiro atoms. The summed E-state index contributed by atoms with van der Waals surface area (Å²) in [5, 5.41) is 3.12. The third kappa shape index (κ3) is 3.39. The Morgan fingerprint density at radius 3 is 2.38 bits per heavy atom. The lowest BCUT2D eigenvalue weighted by Gasteiger charge is -2.38. The van der Waals surface area contributed by atoms with Crippen LogP contribution in [0.4, 0.5) is 0 Å². The molecule has 1 saturated heterocycles. The molecule has 128 valence electrons. The smallest absolute Gasteiger partial charge is 0.254 e. The minimum absolute atomic E-state index is 0.0612. The summed E-state index contributed by atoms with van der Waals surface area (Å²) in [5.74, 6) is 1.36. The van der Waals surface area contributed by atoms with Gasteiger partial charge in [0.05, 0.1) is 5.56 Å². The first-order valence-electron chi connectivity index (χ1n) is 8.50. The molecule has 2 heterocycles. The van der Waals surface area contributed by atoms with E-state index in [1.54, 1.807) is 6.07 Å². The van der Waals surface area contributed by atoms with Crippen LogP contribution in [0.2, 0.25) is 0 Å². The van der Waals surface area contributed by atoms with Gasteiger partial charge in [0, 0.05) is 25.2 Å². The van der Waals surface area contributed by atoms with Gasteiger partial charge in [0.1, 0.15) is 11.5 Å². The first-order chi connectivity index (χ1) is 11.5. The van der Waals surface area contributed by atoms with E-state index in [1.807, 2.05) is 13.8 Å². The Bertz CT molecular complexity index is 709. The molecule has 1 N–H and O–H groups in total. The van der Waals surface area contributed by atoms with Gasteiger partial charge in [0.2, 0.25) is 0 Å². The van der Waals surface area contributed by atoms with Gasteiger partial charge in [0.25, 0.3) is 5.91 Å². The molecule has 0 atom stereocenters. The molecule has 4 nitrogen and oxygen atoms in total. The molecule has 0 aliphatic carbocycles. The highest BCUT2D eigenvalue weighted by Crippen LogP contribution is 2.34. The summed E-state index contributed by atoms with van der Waals surface area (Å²) < 4.78 is 11.0. The zero-order chi connectivity index (χ0) is 17.2. The molecule has 1 aromatic carbocycles. The SMILES string of the molecule is Cc1ccc(C2(CNC(=O)c3cc(C)oc3C)CCOCC2)cc1. The number of aryl methyl sites for hydroxylation is 3. The minimum atomic E-state index is -0.0673. The van der Waals surface area contributed by atoms with Crippen LogP contribution in [0.1, 0.15) is 45.8 Å². The van der Waals surface area contributed by atoms with Crippen LogP contribution in [0.25, 0.3) is 0 Å². The van der Waals surface area contributed by atoms with Crippen molar-refractivity contribution in [3.05, 3.63) is 58.5 Å². The predicted octanol–water partition coefficient (Wildman–Crippen LogP) is 3.68. The molecular weight excluding hydrogens is 302 g/mol. The van der Waals surface area contributed by atoms with Crippen LogP contribution in [0, 0.1) is 20.8 Å². The van der Waals surface area contributed by atoms with Crippen LogP contribution in [0.5, 0.6) is 0 Å². The van der Waals surface area contributed by atoms with E-state index in [-0.39, 0.29) is 11.3 Å². The summed E-state index contributed by atoms with van der Waals surface area (Å²) in [4.78, 5) is 12.5. The standard InChI is InChI=1S/C20H25NO3/c1-14-4-6-17(7-5-14)20(8-10-23-11-9-20)13-21-19(22)18-12-15(2)24-16(18)3/h4-7,12H,8-11,13H2,1-3H3,(H,21,22). The van der Waals surface area contributed by atoms with Gasteiger partial charge in [-0.05, 0) is 45.2 Å². The lowest BCUT2D eigenvalue weighted by atomic mass is 9.74. The summed E-state index contributed by atoms with van der Waals surface area (Å²) in [7, 11) is 0. The maximum Gasteiger partial charge on any atom is 0.254 e. The van der Waals surface area contributed by atoms with Gasteiger partial charge in [0.15, 0.2) is 0 Å². The summed E-state index contributed by atoms with van der Waals surface area (Å²) >= 11 is 0. The van der Waals surface area contributed by atoms with Gasteiger partial charge in [-0.25, -0.2) is 0 Å². The monoisotopic (exact) mass is 327 g/mol. The fourth-order valence-corrected chi connectivity index (χ4v) is 3.44. The average molecular weight is 327 g/mol. The molecule has 1 fully saturated rings. The second-order valence-electron chi connectivity index (χ2n) is 6.77. The first-order valence-corrected chi connectivity index (χ1v) is 8.50. The van der Waals surface area contributed by atoms with Crippen LogP contribution in [-0.2, 0) is 10.2 Å². The Balaban J connectivity index is 1.79.